The topological polar surface area (TPSA) is 94.2 Å². The minimum atomic E-state index is -0.698. The SMILES string of the molecule is CN(Cc1ccsc1)C(=O)Cn1cnc([N+](=O)[O-])n1. The molecule has 9 heteroatoms. The molecule has 0 spiro atoms. The molecular weight excluding hydrogens is 270 g/mol. The first-order valence-corrected chi connectivity index (χ1v) is 6.29. The lowest BCUT2D eigenvalue weighted by Crippen LogP contribution is -2.29. The van der Waals surface area contributed by atoms with Gasteiger partial charge in [-0.05, 0) is 27.3 Å². The molecule has 2 aromatic rings. The Kier molecular flexibility index (Phi) is 3.85. The molecule has 0 fully saturated rings. The van der Waals surface area contributed by atoms with E-state index in [1.807, 2.05) is 16.8 Å². The van der Waals surface area contributed by atoms with E-state index in [1.165, 1.54) is 11.2 Å². The van der Waals surface area contributed by atoms with Crippen LogP contribution < -0.4 is 0 Å². The van der Waals surface area contributed by atoms with Crippen molar-refractivity contribution in [3.8, 4) is 0 Å². The van der Waals surface area contributed by atoms with Gasteiger partial charge in [-0.25, -0.2) is 0 Å². The van der Waals surface area contributed by atoms with Crippen LogP contribution in [0.1, 0.15) is 5.56 Å². The summed E-state index contributed by atoms with van der Waals surface area (Å²) in [6.45, 7) is 0.431. The molecule has 19 heavy (non-hydrogen) atoms. The van der Waals surface area contributed by atoms with Crippen molar-refractivity contribution >= 4 is 23.2 Å². The molecule has 2 heterocycles. The number of nitrogens with zero attached hydrogens (tertiary/aromatic N) is 5. The zero-order valence-electron chi connectivity index (χ0n) is 10.1. The van der Waals surface area contributed by atoms with Crippen molar-refractivity contribution in [1.82, 2.24) is 19.7 Å². The summed E-state index contributed by atoms with van der Waals surface area (Å²) in [4.78, 5) is 26.6. The van der Waals surface area contributed by atoms with Crippen molar-refractivity contribution in [3.63, 3.8) is 0 Å². The summed E-state index contributed by atoms with van der Waals surface area (Å²) in [6, 6.07) is 1.94. The van der Waals surface area contributed by atoms with Crippen LogP contribution in [0.5, 0.6) is 0 Å². The van der Waals surface area contributed by atoms with Crippen LogP contribution in [0.2, 0.25) is 0 Å². The Labute approximate surface area is 112 Å². The number of carbonyl (C=O) groups excluding carboxylic acids is 1. The first-order chi connectivity index (χ1) is 9.06. The Bertz CT molecular complexity index is 580. The number of rotatable bonds is 5. The second-order valence-electron chi connectivity index (χ2n) is 3.88. The number of thiophene rings is 1. The lowest BCUT2D eigenvalue weighted by atomic mass is 10.3. The third kappa shape index (κ3) is 3.35. The fourth-order valence-electron chi connectivity index (χ4n) is 1.45. The number of amides is 1. The van der Waals surface area contributed by atoms with Crippen LogP contribution in [0.3, 0.4) is 0 Å². The van der Waals surface area contributed by atoms with Crippen LogP contribution in [0.4, 0.5) is 5.95 Å². The van der Waals surface area contributed by atoms with E-state index in [0.717, 1.165) is 10.2 Å². The van der Waals surface area contributed by atoms with E-state index in [0.29, 0.717) is 6.54 Å². The molecule has 0 aliphatic rings. The molecule has 0 aliphatic carbocycles. The van der Waals surface area contributed by atoms with Crippen molar-refractivity contribution in [2.24, 2.45) is 0 Å². The van der Waals surface area contributed by atoms with Gasteiger partial charge in [0.2, 0.25) is 12.2 Å². The highest BCUT2D eigenvalue weighted by Gasteiger charge is 2.17. The fourth-order valence-corrected chi connectivity index (χ4v) is 2.11. The van der Waals surface area contributed by atoms with Crippen molar-refractivity contribution in [2.45, 2.75) is 13.1 Å². The molecule has 0 saturated carbocycles. The van der Waals surface area contributed by atoms with Crippen molar-refractivity contribution in [2.75, 3.05) is 7.05 Å². The Morgan fingerprint density at radius 3 is 3.00 bits per heavy atom. The van der Waals surface area contributed by atoms with Gasteiger partial charge < -0.3 is 15.0 Å². The van der Waals surface area contributed by atoms with Gasteiger partial charge in [0, 0.05) is 18.7 Å². The highest BCUT2D eigenvalue weighted by molar-refractivity contribution is 7.07. The van der Waals surface area contributed by atoms with Gasteiger partial charge in [-0.1, -0.05) is 4.98 Å². The second kappa shape index (κ2) is 5.57. The van der Waals surface area contributed by atoms with E-state index >= 15 is 0 Å². The first kappa shape index (κ1) is 13.1. The van der Waals surface area contributed by atoms with Gasteiger partial charge in [0.1, 0.15) is 6.54 Å². The number of carbonyl (C=O) groups is 1. The van der Waals surface area contributed by atoms with E-state index in [1.54, 1.807) is 18.4 Å². The summed E-state index contributed by atoms with van der Waals surface area (Å²) < 4.78 is 1.16. The molecule has 0 aliphatic heterocycles. The lowest BCUT2D eigenvalue weighted by Gasteiger charge is -2.15. The summed E-state index contributed by atoms with van der Waals surface area (Å²) in [5.74, 6) is -0.695. The molecule has 0 atom stereocenters. The van der Waals surface area contributed by atoms with Crippen molar-refractivity contribution < 1.29 is 9.72 Å². The predicted octanol–water partition coefficient (Wildman–Crippen LogP) is 0.906. The van der Waals surface area contributed by atoms with Crippen LogP contribution in [-0.2, 0) is 17.9 Å². The summed E-state index contributed by atoms with van der Waals surface area (Å²) in [5.41, 5.74) is 1.05. The number of nitro groups is 1. The molecule has 0 saturated heterocycles. The fraction of sp³-hybridized carbons (Fsp3) is 0.300. The molecule has 0 unspecified atom stereocenters. The van der Waals surface area contributed by atoms with Gasteiger partial charge >= 0.3 is 5.95 Å². The van der Waals surface area contributed by atoms with Crippen molar-refractivity contribution in [1.29, 1.82) is 0 Å². The summed E-state index contributed by atoms with van der Waals surface area (Å²) in [7, 11) is 1.67. The zero-order chi connectivity index (χ0) is 13.8. The molecule has 0 radical (unpaired) electrons. The minimum absolute atomic E-state index is 0.0680. The first-order valence-electron chi connectivity index (χ1n) is 5.35. The van der Waals surface area contributed by atoms with Gasteiger partial charge in [-0.3, -0.25) is 4.79 Å². The van der Waals surface area contributed by atoms with E-state index in [-0.39, 0.29) is 12.5 Å². The molecule has 100 valence electrons. The monoisotopic (exact) mass is 281 g/mol. The largest absolute Gasteiger partial charge is 0.490 e. The van der Waals surface area contributed by atoms with Gasteiger partial charge in [0.15, 0.2) is 0 Å². The van der Waals surface area contributed by atoms with Gasteiger partial charge in [-0.15, -0.1) is 0 Å². The van der Waals surface area contributed by atoms with Crippen LogP contribution in [-0.4, -0.2) is 37.5 Å². The number of hydrogen-bond donors (Lipinski definition) is 0. The van der Waals surface area contributed by atoms with Crippen molar-refractivity contribution in [3.05, 3.63) is 38.8 Å². The third-order valence-electron chi connectivity index (χ3n) is 2.41. The summed E-state index contributed by atoms with van der Waals surface area (Å²) >= 11 is 1.56. The molecule has 1 amide bonds. The number of aromatic nitrogens is 3. The normalized spacial score (nSPS) is 10.4. The molecule has 0 N–H and O–H groups in total. The molecule has 2 rings (SSSR count). The number of likely N-dealkylation sites (N-methyl/N-ethyl adjacent to an activating group) is 1. The number of hydrogen-bond acceptors (Lipinski definition) is 6. The Balaban J connectivity index is 1.94. The highest BCUT2D eigenvalue weighted by atomic mass is 32.1. The molecule has 2 aromatic heterocycles. The molecule has 8 nitrogen and oxygen atoms in total. The van der Waals surface area contributed by atoms with E-state index in [4.69, 9.17) is 0 Å². The quantitative estimate of drug-likeness (QED) is 0.599. The minimum Gasteiger partial charge on any atom is -0.390 e. The van der Waals surface area contributed by atoms with Crippen LogP contribution in [0.25, 0.3) is 0 Å². The maximum absolute atomic E-state index is 11.9. The Hall–Kier alpha value is -2.29. The summed E-state index contributed by atoms with van der Waals surface area (Å²) in [6.07, 6.45) is 1.18. The average Bonchev–Trinajstić information content (AvgIpc) is 2.99. The highest BCUT2D eigenvalue weighted by Crippen LogP contribution is 2.09. The van der Waals surface area contributed by atoms with Gasteiger partial charge in [-0.2, -0.15) is 16.0 Å². The molecule has 0 bridgehead atoms. The van der Waals surface area contributed by atoms with Gasteiger partial charge in [0.25, 0.3) is 0 Å². The average molecular weight is 281 g/mol. The Morgan fingerprint density at radius 2 is 2.42 bits per heavy atom. The van der Waals surface area contributed by atoms with Crippen LogP contribution >= 0.6 is 11.3 Å². The summed E-state index contributed by atoms with van der Waals surface area (Å²) in [5, 5.41) is 17.9. The van der Waals surface area contributed by atoms with E-state index < -0.39 is 10.9 Å². The third-order valence-corrected chi connectivity index (χ3v) is 3.14. The molecule has 0 aromatic carbocycles. The Morgan fingerprint density at radius 1 is 1.63 bits per heavy atom. The van der Waals surface area contributed by atoms with Gasteiger partial charge in [0.05, 0.1) is 0 Å². The maximum atomic E-state index is 11.9. The van der Waals surface area contributed by atoms with E-state index in [9.17, 15) is 14.9 Å². The van der Waals surface area contributed by atoms with E-state index in [2.05, 4.69) is 10.1 Å². The zero-order valence-corrected chi connectivity index (χ0v) is 10.9. The standard InChI is InChI=1S/C10H11N5O3S/c1-13(4-8-2-3-19-6-8)9(16)5-14-7-11-10(12-14)15(17)18/h2-3,6-7H,4-5H2,1H3. The van der Waals surface area contributed by atoms with Crippen LogP contribution in [0.15, 0.2) is 23.2 Å². The predicted molar refractivity (Wildman–Crippen MR) is 67.5 cm³/mol. The lowest BCUT2D eigenvalue weighted by molar-refractivity contribution is -0.394. The van der Waals surface area contributed by atoms with Crippen LogP contribution in [0, 0.1) is 10.1 Å². The maximum Gasteiger partial charge on any atom is 0.490 e. The smallest absolute Gasteiger partial charge is 0.390 e. The molecular formula is C10H11N5O3S. The second-order valence-corrected chi connectivity index (χ2v) is 4.66.